The number of nitrogens with one attached hydrogen (secondary N) is 1. The van der Waals surface area contributed by atoms with Crippen LogP contribution in [0.2, 0.25) is 0 Å². The Kier molecular flexibility index (Phi) is 4.61. The quantitative estimate of drug-likeness (QED) is 0.842. The lowest BCUT2D eigenvalue weighted by Gasteiger charge is -2.08. The van der Waals surface area contributed by atoms with Crippen LogP contribution >= 0.6 is 11.8 Å². The molecule has 0 heterocycles. The number of rotatable bonds is 4. The summed E-state index contributed by atoms with van der Waals surface area (Å²) in [4.78, 5) is -0.128. The molecule has 90 valence electrons. The fourth-order valence-corrected chi connectivity index (χ4v) is 3.49. The number of benzene rings is 1. The topological polar surface area (TPSA) is 70.0 Å². The molecule has 1 N–H and O–H groups in total. The van der Waals surface area contributed by atoms with Crippen molar-refractivity contribution in [2.75, 3.05) is 13.3 Å². The minimum absolute atomic E-state index is 0.123. The number of nitriles is 1. The van der Waals surface area contributed by atoms with Crippen LogP contribution in [0.3, 0.4) is 0 Å². The van der Waals surface area contributed by atoms with E-state index < -0.39 is 9.84 Å². The number of hydrogen-bond donors (Lipinski definition) is 1. The van der Waals surface area contributed by atoms with Gasteiger partial charge in [0.2, 0.25) is 9.84 Å². The summed E-state index contributed by atoms with van der Waals surface area (Å²) in [7, 11) is -2.15. The second-order valence-corrected chi connectivity index (χ2v) is 5.74. The van der Waals surface area contributed by atoms with Gasteiger partial charge in [-0.2, -0.15) is 5.26 Å². The van der Waals surface area contributed by atoms with Gasteiger partial charge in [-0.25, -0.2) is 8.42 Å². The van der Waals surface area contributed by atoms with Gasteiger partial charge in [-0.15, -0.1) is 11.8 Å². The normalized spacial score (nSPS) is 12.5. The molecule has 0 amide bonds. The zero-order valence-electron chi connectivity index (χ0n) is 9.47. The maximum atomic E-state index is 12.2. The highest BCUT2D eigenvalue weighted by atomic mass is 32.2. The van der Waals surface area contributed by atoms with Crippen LogP contribution in [-0.2, 0) is 9.84 Å². The lowest BCUT2D eigenvalue weighted by atomic mass is 10.4. The van der Waals surface area contributed by atoms with Crippen LogP contribution < -0.4 is 5.32 Å². The fourth-order valence-electron chi connectivity index (χ4n) is 1.26. The number of sulfone groups is 1. The molecular weight excluding hydrogens is 256 g/mol. The van der Waals surface area contributed by atoms with Gasteiger partial charge in [-0.3, -0.25) is 0 Å². The zero-order chi connectivity index (χ0) is 12.9. The Morgan fingerprint density at radius 2 is 1.94 bits per heavy atom. The van der Waals surface area contributed by atoms with Crippen molar-refractivity contribution >= 4 is 21.6 Å². The highest BCUT2D eigenvalue weighted by Crippen LogP contribution is 2.24. The highest BCUT2D eigenvalue weighted by Gasteiger charge is 2.23. The molecule has 0 bridgehead atoms. The van der Waals surface area contributed by atoms with Crippen molar-refractivity contribution in [3.8, 4) is 6.07 Å². The third kappa shape index (κ3) is 2.81. The van der Waals surface area contributed by atoms with Crippen LogP contribution in [0.1, 0.15) is 0 Å². The van der Waals surface area contributed by atoms with E-state index in [2.05, 4.69) is 5.32 Å². The van der Waals surface area contributed by atoms with Gasteiger partial charge in [0.05, 0.1) is 9.92 Å². The second-order valence-electron chi connectivity index (χ2n) is 3.04. The minimum Gasteiger partial charge on any atom is -0.381 e. The van der Waals surface area contributed by atoms with Gasteiger partial charge in [0.1, 0.15) is 6.07 Å². The van der Waals surface area contributed by atoms with E-state index in [0.29, 0.717) is 5.03 Å². The van der Waals surface area contributed by atoms with Crippen LogP contribution in [0.25, 0.3) is 0 Å². The predicted molar refractivity (Wildman–Crippen MR) is 68.8 cm³/mol. The third-order valence-corrected chi connectivity index (χ3v) is 4.73. The minimum atomic E-state index is -3.74. The molecule has 17 heavy (non-hydrogen) atoms. The first kappa shape index (κ1) is 13.6. The maximum Gasteiger partial charge on any atom is 0.219 e. The summed E-state index contributed by atoms with van der Waals surface area (Å²) in [5.74, 6) is 0. The molecule has 0 aromatic heterocycles. The van der Waals surface area contributed by atoms with Crippen molar-refractivity contribution in [2.45, 2.75) is 4.90 Å². The SMILES string of the molecule is CN/C(SC)=C(/C#N)S(=O)(=O)c1ccccc1. The van der Waals surface area contributed by atoms with E-state index in [9.17, 15) is 8.42 Å². The molecule has 0 fully saturated rings. The maximum absolute atomic E-state index is 12.2. The molecule has 4 nitrogen and oxygen atoms in total. The van der Waals surface area contributed by atoms with E-state index in [4.69, 9.17) is 5.26 Å². The molecule has 1 aromatic carbocycles. The van der Waals surface area contributed by atoms with Gasteiger partial charge in [0.15, 0.2) is 4.91 Å². The summed E-state index contributed by atoms with van der Waals surface area (Å²) in [5.41, 5.74) is 0. The van der Waals surface area contributed by atoms with E-state index in [0.717, 1.165) is 0 Å². The van der Waals surface area contributed by atoms with Crippen molar-refractivity contribution in [3.63, 3.8) is 0 Å². The monoisotopic (exact) mass is 268 g/mol. The van der Waals surface area contributed by atoms with Crippen molar-refractivity contribution in [1.29, 1.82) is 5.26 Å². The third-order valence-electron chi connectivity index (χ3n) is 2.06. The van der Waals surface area contributed by atoms with Crippen LogP contribution in [0.4, 0.5) is 0 Å². The molecular formula is C11H12N2O2S2. The van der Waals surface area contributed by atoms with Crippen molar-refractivity contribution in [3.05, 3.63) is 40.3 Å². The van der Waals surface area contributed by atoms with Gasteiger partial charge in [0.25, 0.3) is 0 Å². The molecule has 0 aliphatic heterocycles. The Morgan fingerprint density at radius 3 is 2.35 bits per heavy atom. The Bertz CT molecular complexity index is 551. The van der Waals surface area contributed by atoms with Crippen molar-refractivity contribution in [2.24, 2.45) is 0 Å². The highest BCUT2D eigenvalue weighted by molar-refractivity contribution is 8.04. The Labute approximate surface area is 105 Å². The summed E-state index contributed by atoms with van der Waals surface area (Å²) in [6, 6.07) is 9.67. The van der Waals surface area contributed by atoms with Crippen LogP contribution in [0.15, 0.2) is 45.2 Å². The Morgan fingerprint density at radius 1 is 1.35 bits per heavy atom. The van der Waals surface area contributed by atoms with E-state index in [1.165, 1.54) is 23.9 Å². The smallest absolute Gasteiger partial charge is 0.219 e. The van der Waals surface area contributed by atoms with Gasteiger partial charge in [-0.1, -0.05) is 18.2 Å². The standard InChI is InChI=1S/C11H12N2O2S2/c1-13-11(16-2)10(8-12)17(14,15)9-6-4-3-5-7-9/h3-7,13H,1-2H3/b11-10+. The molecule has 0 aliphatic carbocycles. The predicted octanol–water partition coefficient (Wildman–Crippen LogP) is 1.74. The number of hydrogen-bond acceptors (Lipinski definition) is 5. The average molecular weight is 268 g/mol. The number of thioether (sulfide) groups is 1. The second kappa shape index (κ2) is 5.75. The van der Waals surface area contributed by atoms with E-state index in [1.807, 2.05) is 0 Å². The molecule has 0 unspecified atom stereocenters. The van der Waals surface area contributed by atoms with Crippen LogP contribution in [0.5, 0.6) is 0 Å². The fraction of sp³-hybridized carbons (Fsp3) is 0.182. The lowest BCUT2D eigenvalue weighted by molar-refractivity contribution is 0.603. The first-order valence-electron chi connectivity index (χ1n) is 4.74. The van der Waals surface area contributed by atoms with E-state index in [-0.39, 0.29) is 9.80 Å². The number of allylic oxidation sites excluding steroid dienone is 1. The van der Waals surface area contributed by atoms with Crippen molar-refractivity contribution < 1.29 is 8.42 Å². The van der Waals surface area contributed by atoms with Crippen LogP contribution in [0, 0.1) is 11.3 Å². The summed E-state index contributed by atoms with van der Waals surface area (Å²) < 4.78 is 24.4. The molecule has 0 atom stereocenters. The van der Waals surface area contributed by atoms with Gasteiger partial charge in [-0.05, 0) is 18.4 Å². The molecule has 1 aromatic rings. The largest absolute Gasteiger partial charge is 0.381 e. The molecule has 0 spiro atoms. The number of nitrogens with zero attached hydrogens (tertiary/aromatic N) is 1. The summed E-state index contributed by atoms with van der Waals surface area (Å²) in [5, 5.41) is 12.1. The first-order valence-corrected chi connectivity index (χ1v) is 7.45. The van der Waals surface area contributed by atoms with Crippen molar-refractivity contribution in [1.82, 2.24) is 5.32 Å². The van der Waals surface area contributed by atoms with Gasteiger partial charge >= 0.3 is 0 Å². The summed E-state index contributed by atoms with van der Waals surface area (Å²) in [6.07, 6.45) is 1.71. The summed E-state index contributed by atoms with van der Waals surface area (Å²) in [6.45, 7) is 0. The van der Waals surface area contributed by atoms with E-state index in [1.54, 1.807) is 37.6 Å². The van der Waals surface area contributed by atoms with Gasteiger partial charge < -0.3 is 5.32 Å². The van der Waals surface area contributed by atoms with Crippen LogP contribution in [-0.4, -0.2) is 21.7 Å². The molecule has 0 aliphatic rings. The average Bonchev–Trinajstić information content (AvgIpc) is 2.36. The van der Waals surface area contributed by atoms with Gasteiger partial charge in [0, 0.05) is 7.05 Å². The summed E-state index contributed by atoms with van der Waals surface area (Å²) >= 11 is 1.19. The molecule has 0 saturated heterocycles. The molecule has 0 radical (unpaired) electrons. The molecule has 0 saturated carbocycles. The lowest BCUT2D eigenvalue weighted by Crippen LogP contribution is -2.12. The molecule has 6 heteroatoms. The van der Waals surface area contributed by atoms with E-state index >= 15 is 0 Å². The zero-order valence-corrected chi connectivity index (χ0v) is 11.1. The Balaban J connectivity index is 3.42. The first-order chi connectivity index (χ1) is 8.07. The Hall–Kier alpha value is -1.45. The molecule has 1 rings (SSSR count).